The summed E-state index contributed by atoms with van der Waals surface area (Å²) in [5.41, 5.74) is 0. The van der Waals surface area contributed by atoms with Crippen LogP contribution in [-0.4, -0.2) is 29.4 Å². The molecule has 1 aromatic rings. The Morgan fingerprint density at radius 1 is 1.37 bits per heavy atom. The van der Waals surface area contributed by atoms with E-state index in [2.05, 4.69) is 17.4 Å². The maximum absolute atomic E-state index is 11.6. The van der Waals surface area contributed by atoms with Gasteiger partial charge in [0.25, 0.3) is 0 Å². The first kappa shape index (κ1) is 14.4. The molecule has 1 fully saturated rings. The van der Waals surface area contributed by atoms with Crippen LogP contribution in [0.2, 0.25) is 0 Å². The van der Waals surface area contributed by atoms with Crippen molar-refractivity contribution in [3.8, 4) is 0 Å². The van der Waals surface area contributed by atoms with Crippen LogP contribution < -0.4 is 5.32 Å². The predicted molar refractivity (Wildman–Crippen MR) is 78.1 cm³/mol. The van der Waals surface area contributed by atoms with E-state index in [4.69, 9.17) is 0 Å². The van der Waals surface area contributed by atoms with Crippen molar-refractivity contribution >= 4 is 17.7 Å². The number of nitrogens with one attached hydrogen (secondary N) is 1. The van der Waals surface area contributed by atoms with Crippen molar-refractivity contribution in [2.24, 2.45) is 5.92 Å². The predicted octanol–water partition coefficient (Wildman–Crippen LogP) is 2.45. The molecule has 4 heteroatoms. The fraction of sp³-hybridized carbons (Fsp3) is 0.533. The van der Waals surface area contributed by atoms with Gasteiger partial charge in [0.15, 0.2) is 0 Å². The van der Waals surface area contributed by atoms with E-state index in [1.807, 2.05) is 18.2 Å². The third-order valence-electron chi connectivity index (χ3n) is 3.27. The number of carbonyl (C=O) groups excluding carboxylic acids is 1. The number of hydrogen-bond donors (Lipinski definition) is 2. The van der Waals surface area contributed by atoms with Gasteiger partial charge in [-0.3, -0.25) is 4.79 Å². The summed E-state index contributed by atoms with van der Waals surface area (Å²) in [4.78, 5) is 12.8. The van der Waals surface area contributed by atoms with Gasteiger partial charge in [0.1, 0.15) is 0 Å². The highest BCUT2D eigenvalue weighted by atomic mass is 32.2. The highest BCUT2D eigenvalue weighted by Gasteiger charge is 2.29. The first-order chi connectivity index (χ1) is 9.25. The average molecular weight is 279 g/mol. The summed E-state index contributed by atoms with van der Waals surface area (Å²) in [5, 5.41) is 12.5. The van der Waals surface area contributed by atoms with E-state index in [1.165, 1.54) is 4.90 Å². The van der Waals surface area contributed by atoms with Gasteiger partial charge in [-0.25, -0.2) is 0 Å². The Hall–Kier alpha value is -1.00. The topological polar surface area (TPSA) is 49.3 Å². The molecule has 1 saturated carbocycles. The molecule has 104 valence electrons. The molecule has 0 heterocycles. The highest BCUT2D eigenvalue weighted by Crippen LogP contribution is 2.33. The Morgan fingerprint density at radius 2 is 2.11 bits per heavy atom. The number of benzene rings is 1. The molecule has 1 aliphatic rings. The van der Waals surface area contributed by atoms with Crippen LogP contribution in [0, 0.1) is 5.92 Å². The van der Waals surface area contributed by atoms with E-state index < -0.39 is 0 Å². The van der Waals surface area contributed by atoms with Gasteiger partial charge in [-0.1, -0.05) is 18.2 Å². The van der Waals surface area contributed by atoms with E-state index in [9.17, 15) is 9.90 Å². The maximum atomic E-state index is 11.6. The minimum atomic E-state index is -0.223. The normalized spacial score (nSPS) is 16.1. The van der Waals surface area contributed by atoms with Crippen molar-refractivity contribution in [3.63, 3.8) is 0 Å². The molecule has 1 amide bonds. The van der Waals surface area contributed by atoms with Crippen molar-refractivity contribution in [3.05, 3.63) is 30.3 Å². The van der Waals surface area contributed by atoms with Crippen LogP contribution in [0.25, 0.3) is 0 Å². The first-order valence-corrected chi connectivity index (χ1v) is 7.87. The van der Waals surface area contributed by atoms with Crippen LogP contribution in [0.1, 0.15) is 25.7 Å². The summed E-state index contributed by atoms with van der Waals surface area (Å²) >= 11 is 1.69. The minimum Gasteiger partial charge on any atom is -0.393 e. The maximum Gasteiger partial charge on any atom is 0.220 e. The zero-order valence-corrected chi connectivity index (χ0v) is 11.9. The van der Waals surface area contributed by atoms with Crippen LogP contribution >= 0.6 is 11.8 Å². The lowest BCUT2D eigenvalue weighted by atomic mass is 10.1. The fourth-order valence-corrected chi connectivity index (χ4v) is 2.82. The molecule has 3 nitrogen and oxygen atoms in total. The molecule has 0 aliphatic heterocycles. The number of aliphatic hydroxyl groups is 1. The molecule has 0 aromatic heterocycles. The smallest absolute Gasteiger partial charge is 0.220 e. The molecule has 0 spiro atoms. The molecular weight excluding hydrogens is 258 g/mol. The minimum absolute atomic E-state index is 0.0754. The molecule has 1 aromatic carbocycles. The molecule has 0 unspecified atom stereocenters. The van der Waals surface area contributed by atoms with Crippen molar-refractivity contribution in [2.75, 3.05) is 12.3 Å². The van der Waals surface area contributed by atoms with Gasteiger partial charge in [-0.2, -0.15) is 0 Å². The summed E-state index contributed by atoms with van der Waals surface area (Å²) in [6.07, 6.45) is 3.27. The Bertz CT molecular complexity index is 392. The monoisotopic (exact) mass is 279 g/mol. The second kappa shape index (κ2) is 7.56. The van der Waals surface area contributed by atoms with Crippen molar-refractivity contribution in [2.45, 2.75) is 36.7 Å². The second-order valence-electron chi connectivity index (χ2n) is 4.95. The quantitative estimate of drug-likeness (QED) is 0.719. The van der Waals surface area contributed by atoms with Crippen molar-refractivity contribution < 1.29 is 9.90 Å². The van der Waals surface area contributed by atoms with Gasteiger partial charge < -0.3 is 10.4 Å². The van der Waals surface area contributed by atoms with Gasteiger partial charge in [-0.15, -0.1) is 11.8 Å². The third-order valence-corrected chi connectivity index (χ3v) is 4.28. The van der Waals surface area contributed by atoms with Crippen LogP contribution in [-0.2, 0) is 4.79 Å². The summed E-state index contributed by atoms with van der Waals surface area (Å²) < 4.78 is 0. The summed E-state index contributed by atoms with van der Waals surface area (Å²) in [7, 11) is 0. The number of thioether (sulfide) groups is 1. The zero-order chi connectivity index (χ0) is 13.5. The molecule has 2 N–H and O–H groups in total. The van der Waals surface area contributed by atoms with E-state index in [-0.39, 0.29) is 12.0 Å². The molecule has 2 rings (SSSR count). The number of rotatable bonds is 8. The SMILES string of the molecule is O=C(CCSc1ccccc1)NCC[C@@H](O)C1CC1. The molecule has 19 heavy (non-hydrogen) atoms. The molecule has 0 radical (unpaired) electrons. The molecule has 1 aliphatic carbocycles. The van der Waals surface area contributed by atoms with E-state index >= 15 is 0 Å². The number of hydrogen-bond acceptors (Lipinski definition) is 3. The number of carbonyl (C=O) groups is 1. The summed E-state index contributed by atoms with van der Waals surface area (Å²) in [5.74, 6) is 1.36. The molecule has 0 bridgehead atoms. The lowest BCUT2D eigenvalue weighted by Gasteiger charge is -2.09. The Labute approximate surface area is 118 Å². The molecule has 0 saturated heterocycles. The van der Waals surface area contributed by atoms with Crippen LogP contribution in [0.4, 0.5) is 0 Å². The van der Waals surface area contributed by atoms with Crippen LogP contribution in [0.3, 0.4) is 0 Å². The van der Waals surface area contributed by atoms with Crippen LogP contribution in [0.15, 0.2) is 35.2 Å². The van der Waals surface area contributed by atoms with Crippen molar-refractivity contribution in [1.29, 1.82) is 0 Å². The number of amides is 1. The Morgan fingerprint density at radius 3 is 2.79 bits per heavy atom. The third kappa shape index (κ3) is 5.66. The van der Waals surface area contributed by atoms with Gasteiger partial charge in [0, 0.05) is 23.6 Å². The standard InChI is InChI=1S/C15H21NO2S/c17-14(12-6-7-12)8-10-16-15(18)9-11-19-13-4-2-1-3-5-13/h1-5,12,14,17H,6-11H2,(H,16,18)/t14-/m1/s1. The zero-order valence-electron chi connectivity index (χ0n) is 11.0. The fourth-order valence-electron chi connectivity index (χ4n) is 1.94. The van der Waals surface area contributed by atoms with Gasteiger partial charge in [0.05, 0.1) is 6.10 Å². The lowest BCUT2D eigenvalue weighted by Crippen LogP contribution is -2.27. The Balaban J connectivity index is 1.52. The largest absolute Gasteiger partial charge is 0.393 e. The first-order valence-electron chi connectivity index (χ1n) is 6.88. The molecule has 1 atom stereocenters. The van der Waals surface area contributed by atoms with E-state index in [0.29, 0.717) is 25.3 Å². The molecular formula is C15H21NO2S. The van der Waals surface area contributed by atoms with E-state index in [1.54, 1.807) is 11.8 Å². The van der Waals surface area contributed by atoms with Crippen molar-refractivity contribution in [1.82, 2.24) is 5.32 Å². The Kier molecular flexibility index (Phi) is 5.73. The summed E-state index contributed by atoms with van der Waals surface area (Å²) in [6.45, 7) is 0.590. The average Bonchev–Trinajstić information content (AvgIpc) is 3.24. The van der Waals surface area contributed by atoms with Gasteiger partial charge in [0.2, 0.25) is 5.91 Å². The lowest BCUT2D eigenvalue weighted by molar-refractivity contribution is -0.120. The van der Waals surface area contributed by atoms with Crippen LogP contribution in [0.5, 0.6) is 0 Å². The summed E-state index contributed by atoms with van der Waals surface area (Å²) in [6, 6.07) is 10.1. The second-order valence-corrected chi connectivity index (χ2v) is 6.12. The van der Waals surface area contributed by atoms with E-state index in [0.717, 1.165) is 18.6 Å². The van der Waals surface area contributed by atoms with Gasteiger partial charge in [-0.05, 0) is 37.3 Å². The van der Waals surface area contributed by atoms with Gasteiger partial charge >= 0.3 is 0 Å². The number of aliphatic hydroxyl groups excluding tert-OH is 1. The highest BCUT2D eigenvalue weighted by molar-refractivity contribution is 7.99.